The van der Waals surface area contributed by atoms with Crippen LogP contribution < -0.4 is 10.6 Å². The molecule has 0 spiro atoms. The van der Waals surface area contributed by atoms with Crippen molar-refractivity contribution < 1.29 is 0 Å². The fourth-order valence-corrected chi connectivity index (χ4v) is 2.64. The number of rotatable bonds is 1. The Morgan fingerprint density at radius 1 is 1.22 bits per heavy atom. The van der Waals surface area contributed by atoms with Crippen LogP contribution >= 0.6 is 0 Å². The first kappa shape index (κ1) is 11.5. The van der Waals surface area contributed by atoms with Gasteiger partial charge in [-0.3, -0.25) is 0 Å². The molecule has 2 aromatic rings. The van der Waals surface area contributed by atoms with Crippen molar-refractivity contribution in [2.45, 2.75) is 25.8 Å². The van der Waals surface area contributed by atoms with Gasteiger partial charge < -0.3 is 10.6 Å². The van der Waals surface area contributed by atoms with Crippen molar-refractivity contribution in [2.24, 2.45) is 5.73 Å². The van der Waals surface area contributed by atoms with Crippen LogP contribution in [0.1, 0.15) is 18.4 Å². The predicted molar refractivity (Wildman–Crippen MR) is 75.9 cm³/mol. The van der Waals surface area contributed by atoms with E-state index in [9.17, 15) is 0 Å². The summed E-state index contributed by atoms with van der Waals surface area (Å²) in [6.07, 6.45) is 4.03. The number of pyridine rings is 1. The van der Waals surface area contributed by atoms with E-state index in [0.29, 0.717) is 6.04 Å². The summed E-state index contributed by atoms with van der Waals surface area (Å²) >= 11 is 0. The summed E-state index contributed by atoms with van der Waals surface area (Å²) in [7, 11) is 0. The van der Waals surface area contributed by atoms with Crippen LogP contribution in [0.5, 0.6) is 0 Å². The lowest BCUT2D eigenvalue weighted by atomic mass is 10.0. The normalized spacial score (nSPS) is 17.3. The molecule has 1 aliphatic heterocycles. The number of nitrogens with zero attached hydrogens (tertiary/aromatic N) is 2. The van der Waals surface area contributed by atoms with Gasteiger partial charge in [-0.2, -0.15) is 0 Å². The highest BCUT2D eigenvalue weighted by molar-refractivity contribution is 5.92. The molecule has 1 aromatic carbocycles. The molecular formula is C15H19N3. The molecule has 0 radical (unpaired) electrons. The summed E-state index contributed by atoms with van der Waals surface area (Å²) in [6.45, 7) is 4.15. The minimum atomic E-state index is 0.360. The second-order valence-corrected chi connectivity index (χ2v) is 5.18. The lowest BCUT2D eigenvalue weighted by Crippen LogP contribution is -2.40. The maximum absolute atomic E-state index is 5.96. The molecule has 1 fully saturated rings. The zero-order valence-corrected chi connectivity index (χ0v) is 10.8. The van der Waals surface area contributed by atoms with E-state index in [4.69, 9.17) is 5.73 Å². The number of piperidine rings is 1. The van der Waals surface area contributed by atoms with Crippen LogP contribution in [0.2, 0.25) is 0 Å². The van der Waals surface area contributed by atoms with Crippen LogP contribution in [-0.2, 0) is 0 Å². The summed E-state index contributed by atoms with van der Waals surface area (Å²) in [5.74, 6) is 1.11. The second kappa shape index (κ2) is 4.58. The Labute approximate surface area is 108 Å². The molecule has 0 bridgehead atoms. The summed E-state index contributed by atoms with van der Waals surface area (Å²) in [6, 6.07) is 9.00. The lowest BCUT2D eigenvalue weighted by molar-refractivity contribution is 0.499. The highest BCUT2D eigenvalue weighted by atomic mass is 15.2. The molecule has 3 heteroatoms. The maximum Gasteiger partial charge on any atom is 0.136 e. The largest absolute Gasteiger partial charge is 0.356 e. The number of aryl methyl sites for hydroxylation is 1. The fraction of sp³-hybridized carbons (Fsp3) is 0.400. The molecule has 1 aliphatic rings. The Bertz CT molecular complexity index is 557. The minimum absolute atomic E-state index is 0.360. The maximum atomic E-state index is 5.96. The first-order valence-electron chi connectivity index (χ1n) is 6.60. The van der Waals surface area contributed by atoms with E-state index in [1.807, 2.05) is 6.20 Å². The summed E-state index contributed by atoms with van der Waals surface area (Å²) in [5.41, 5.74) is 7.25. The SMILES string of the molecule is Cc1ccc2c(N3CCC(N)CC3)nccc2c1. The van der Waals surface area contributed by atoms with Crippen molar-refractivity contribution >= 4 is 16.6 Å². The third kappa shape index (κ3) is 2.06. The molecule has 2 N–H and O–H groups in total. The number of nitrogens with two attached hydrogens (primary N) is 1. The highest BCUT2D eigenvalue weighted by Gasteiger charge is 2.18. The fourth-order valence-electron chi connectivity index (χ4n) is 2.64. The van der Waals surface area contributed by atoms with Crippen molar-refractivity contribution in [1.29, 1.82) is 0 Å². The van der Waals surface area contributed by atoms with Crippen molar-refractivity contribution in [1.82, 2.24) is 4.98 Å². The third-order valence-electron chi connectivity index (χ3n) is 3.74. The summed E-state index contributed by atoms with van der Waals surface area (Å²) in [4.78, 5) is 6.93. The number of aromatic nitrogens is 1. The average Bonchev–Trinajstić information content (AvgIpc) is 2.38. The van der Waals surface area contributed by atoms with E-state index in [2.05, 4.69) is 41.1 Å². The molecule has 0 atom stereocenters. The van der Waals surface area contributed by atoms with Crippen molar-refractivity contribution in [3.63, 3.8) is 0 Å². The van der Waals surface area contributed by atoms with E-state index >= 15 is 0 Å². The standard InChI is InChI=1S/C15H19N3/c1-11-2-3-14-12(10-11)4-7-17-15(14)18-8-5-13(16)6-9-18/h2-4,7,10,13H,5-6,8-9,16H2,1H3. The Hall–Kier alpha value is -1.61. The lowest BCUT2D eigenvalue weighted by Gasteiger charge is -2.31. The van der Waals surface area contributed by atoms with E-state index in [-0.39, 0.29) is 0 Å². The Balaban J connectivity index is 2.01. The van der Waals surface area contributed by atoms with Crippen molar-refractivity contribution in [3.05, 3.63) is 36.0 Å². The first-order valence-corrected chi connectivity index (χ1v) is 6.60. The zero-order chi connectivity index (χ0) is 12.5. The van der Waals surface area contributed by atoms with E-state index in [1.54, 1.807) is 0 Å². The molecule has 1 saturated heterocycles. The molecule has 0 aliphatic carbocycles. The van der Waals surface area contributed by atoms with Gasteiger partial charge in [-0.1, -0.05) is 23.8 Å². The molecule has 0 amide bonds. The molecule has 1 aromatic heterocycles. The number of hydrogen-bond acceptors (Lipinski definition) is 3. The first-order chi connectivity index (χ1) is 8.74. The third-order valence-corrected chi connectivity index (χ3v) is 3.74. The quantitative estimate of drug-likeness (QED) is 0.834. The van der Waals surface area contributed by atoms with E-state index in [0.717, 1.165) is 31.7 Å². The van der Waals surface area contributed by atoms with Gasteiger partial charge in [0, 0.05) is 30.7 Å². The van der Waals surface area contributed by atoms with Crippen LogP contribution in [0.25, 0.3) is 10.8 Å². The highest BCUT2D eigenvalue weighted by Crippen LogP contribution is 2.27. The molecule has 3 nitrogen and oxygen atoms in total. The minimum Gasteiger partial charge on any atom is -0.356 e. The smallest absolute Gasteiger partial charge is 0.136 e. The average molecular weight is 241 g/mol. The second-order valence-electron chi connectivity index (χ2n) is 5.18. The summed E-state index contributed by atoms with van der Waals surface area (Å²) < 4.78 is 0. The molecule has 94 valence electrons. The Kier molecular flexibility index (Phi) is 2.92. The Morgan fingerprint density at radius 2 is 2.00 bits per heavy atom. The zero-order valence-electron chi connectivity index (χ0n) is 10.8. The van der Waals surface area contributed by atoms with Crippen LogP contribution in [0.4, 0.5) is 5.82 Å². The van der Waals surface area contributed by atoms with Gasteiger partial charge in [0.05, 0.1) is 0 Å². The van der Waals surface area contributed by atoms with Gasteiger partial charge in [-0.25, -0.2) is 4.98 Å². The van der Waals surface area contributed by atoms with Crippen LogP contribution in [0.15, 0.2) is 30.5 Å². The van der Waals surface area contributed by atoms with Crippen LogP contribution in [-0.4, -0.2) is 24.1 Å². The van der Waals surface area contributed by atoms with E-state index < -0.39 is 0 Å². The van der Waals surface area contributed by atoms with Gasteiger partial charge in [0.15, 0.2) is 0 Å². The number of fused-ring (bicyclic) bond motifs is 1. The predicted octanol–water partition coefficient (Wildman–Crippen LogP) is 2.47. The van der Waals surface area contributed by atoms with Gasteiger partial charge in [-0.05, 0) is 31.2 Å². The Morgan fingerprint density at radius 3 is 2.78 bits per heavy atom. The number of hydrogen-bond donors (Lipinski definition) is 1. The molecular weight excluding hydrogens is 222 g/mol. The van der Waals surface area contributed by atoms with Gasteiger partial charge in [0.1, 0.15) is 5.82 Å². The van der Waals surface area contributed by atoms with Crippen molar-refractivity contribution in [3.8, 4) is 0 Å². The number of benzene rings is 1. The molecule has 0 saturated carbocycles. The summed E-state index contributed by atoms with van der Waals surface area (Å²) in [5, 5.41) is 2.52. The van der Waals surface area contributed by atoms with E-state index in [1.165, 1.54) is 16.3 Å². The van der Waals surface area contributed by atoms with Gasteiger partial charge in [0.2, 0.25) is 0 Å². The number of anilines is 1. The monoisotopic (exact) mass is 241 g/mol. The topological polar surface area (TPSA) is 42.1 Å². The van der Waals surface area contributed by atoms with Gasteiger partial charge in [-0.15, -0.1) is 0 Å². The molecule has 0 unspecified atom stereocenters. The van der Waals surface area contributed by atoms with Gasteiger partial charge >= 0.3 is 0 Å². The molecule has 3 rings (SSSR count). The molecule has 2 heterocycles. The van der Waals surface area contributed by atoms with Crippen LogP contribution in [0, 0.1) is 6.92 Å². The van der Waals surface area contributed by atoms with Gasteiger partial charge in [0.25, 0.3) is 0 Å². The van der Waals surface area contributed by atoms with Crippen LogP contribution in [0.3, 0.4) is 0 Å². The molecule has 18 heavy (non-hydrogen) atoms. The van der Waals surface area contributed by atoms with Crippen molar-refractivity contribution in [2.75, 3.05) is 18.0 Å².